The maximum atomic E-state index is 11.8. The molecule has 0 bridgehead atoms. The average Bonchev–Trinajstić information content (AvgIpc) is 3.00. The van der Waals surface area contributed by atoms with E-state index in [1.807, 2.05) is 18.5 Å². The van der Waals surface area contributed by atoms with Crippen molar-refractivity contribution in [2.24, 2.45) is 5.41 Å². The number of hydrogen-bond acceptors (Lipinski definition) is 7. The number of nitrogens with zero attached hydrogens (tertiary/aromatic N) is 3. The third-order valence-electron chi connectivity index (χ3n) is 5.52. The van der Waals surface area contributed by atoms with Crippen molar-refractivity contribution in [2.75, 3.05) is 53.0 Å². The highest BCUT2D eigenvalue weighted by atomic mass is 19.4. The summed E-state index contributed by atoms with van der Waals surface area (Å²) in [6, 6.07) is 4.13. The molecule has 3 heterocycles. The molecule has 1 aromatic rings. The molecular weight excluding hydrogens is 530 g/mol. The van der Waals surface area contributed by atoms with Gasteiger partial charge in [0.2, 0.25) is 5.91 Å². The molecule has 0 radical (unpaired) electrons. The van der Waals surface area contributed by atoms with E-state index in [2.05, 4.69) is 26.2 Å². The highest BCUT2D eigenvalue weighted by Gasteiger charge is 2.40. The van der Waals surface area contributed by atoms with E-state index in [0.717, 1.165) is 39.3 Å². The van der Waals surface area contributed by atoms with Crippen LogP contribution in [-0.2, 0) is 25.7 Å². The van der Waals surface area contributed by atoms with Gasteiger partial charge >= 0.3 is 24.3 Å². The number of carbonyl (C=O) groups is 3. The number of carbonyl (C=O) groups excluding carboxylic acids is 1. The van der Waals surface area contributed by atoms with Gasteiger partial charge in [-0.15, -0.1) is 0 Å². The fourth-order valence-corrected chi connectivity index (χ4v) is 3.94. The number of rotatable bonds is 4. The third-order valence-corrected chi connectivity index (χ3v) is 5.52. The lowest BCUT2D eigenvalue weighted by Crippen LogP contribution is -2.51. The van der Waals surface area contributed by atoms with Crippen molar-refractivity contribution in [1.82, 2.24) is 20.1 Å². The van der Waals surface area contributed by atoms with Crippen LogP contribution in [-0.4, -0.2) is 108 Å². The van der Waals surface area contributed by atoms with Gasteiger partial charge in [-0.3, -0.25) is 19.6 Å². The number of amides is 1. The molecule has 2 aliphatic heterocycles. The number of likely N-dealkylation sites (N-methyl/N-ethyl adjacent to an activating group) is 1. The number of carboxylic acid groups (broad SMARTS) is 2. The van der Waals surface area contributed by atoms with Gasteiger partial charge in [-0.25, -0.2) is 9.59 Å². The van der Waals surface area contributed by atoms with Crippen LogP contribution < -0.4 is 5.32 Å². The number of pyridine rings is 1. The summed E-state index contributed by atoms with van der Waals surface area (Å²) in [6.07, 6.45) is -4.06. The highest BCUT2D eigenvalue weighted by molar-refractivity contribution is 5.77. The summed E-state index contributed by atoms with van der Waals surface area (Å²) in [6.45, 7) is 6.80. The Hall–Kier alpha value is -2.98. The van der Waals surface area contributed by atoms with Gasteiger partial charge in [0, 0.05) is 51.0 Å². The van der Waals surface area contributed by atoms with Crippen molar-refractivity contribution in [3.05, 3.63) is 30.1 Å². The Kier molecular flexibility index (Phi) is 12.9. The van der Waals surface area contributed by atoms with Crippen LogP contribution in [0.4, 0.5) is 26.3 Å². The predicted molar refractivity (Wildman–Crippen MR) is 120 cm³/mol. The molecule has 10 nitrogen and oxygen atoms in total. The Balaban J connectivity index is 0.000000426. The minimum absolute atomic E-state index is 0.0788. The Bertz CT molecular complexity index is 879. The van der Waals surface area contributed by atoms with E-state index in [4.69, 9.17) is 24.5 Å². The number of carboxylic acids is 2. The number of ether oxygens (including phenoxy) is 1. The first-order valence-electron chi connectivity index (χ1n) is 11.3. The predicted octanol–water partition coefficient (Wildman–Crippen LogP) is 2.01. The monoisotopic (exact) mass is 560 g/mol. The van der Waals surface area contributed by atoms with E-state index in [-0.39, 0.29) is 11.3 Å². The minimum Gasteiger partial charge on any atom is -0.475 e. The second-order valence-corrected chi connectivity index (χ2v) is 8.72. The first kappa shape index (κ1) is 33.0. The maximum absolute atomic E-state index is 11.8. The average molecular weight is 560 g/mol. The molecule has 1 unspecified atom stereocenters. The number of piperidine rings is 1. The van der Waals surface area contributed by atoms with Gasteiger partial charge < -0.3 is 20.3 Å². The molecule has 0 saturated carbocycles. The summed E-state index contributed by atoms with van der Waals surface area (Å²) in [7, 11) is 1.70. The number of aliphatic carboxylic acids is 2. The zero-order valence-corrected chi connectivity index (χ0v) is 20.5. The second kappa shape index (κ2) is 14.8. The van der Waals surface area contributed by atoms with Gasteiger partial charge in [0.05, 0.1) is 19.8 Å². The highest BCUT2D eigenvalue weighted by Crippen LogP contribution is 2.33. The molecule has 1 aromatic heterocycles. The van der Waals surface area contributed by atoms with Crippen molar-refractivity contribution < 1.29 is 55.7 Å². The summed E-state index contributed by atoms with van der Waals surface area (Å²) in [5, 5.41) is 17.0. The lowest BCUT2D eigenvalue weighted by molar-refractivity contribution is -0.193. The number of likely N-dealkylation sites (tertiary alicyclic amines) is 1. The Morgan fingerprint density at radius 2 is 1.63 bits per heavy atom. The number of alkyl halides is 6. The van der Waals surface area contributed by atoms with Crippen molar-refractivity contribution in [1.29, 1.82) is 0 Å². The van der Waals surface area contributed by atoms with Crippen LogP contribution in [0.15, 0.2) is 24.5 Å². The van der Waals surface area contributed by atoms with Crippen LogP contribution in [0.5, 0.6) is 0 Å². The van der Waals surface area contributed by atoms with Crippen LogP contribution in [0.25, 0.3) is 0 Å². The van der Waals surface area contributed by atoms with Crippen LogP contribution in [0.2, 0.25) is 0 Å². The van der Waals surface area contributed by atoms with E-state index >= 15 is 0 Å². The number of halogens is 6. The molecule has 1 atom stereocenters. The molecule has 0 aromatic carbocycles. The number of hydrogen-bond donors (Lipinski definition) is 3. The molecule has 38 heavy (non-hydrogen) atoms. The largest absolute Gasteiger partial charge is 0.490 e. The SMILES string of the molecule is CNC(=O)CN1CCOCC2(CCCN(Cc3cccnc3)C2)C1.O=C(O)C(F)(F)F.O=C(O)C(F)(F)F. The van der Waals surface area contributed by atoms with Gasteiger partial charge in [0.25, 0.3) is 0 Å². The number of aromatic nitrogens is 1. The quantitative estimate of drug-likeness (QED) is 0.473. The fraction of sp³-hybridized carbons (Fsp3) is 0.636. The minimum atomic E-state index is -5.08. The third kappa shape index (κ3) is 12.5. The van der Waals surface area contributed by atoms with Crippen molar-refractivity contribution >= 4 is 17.8 Å². The normalized spacial score (nSPS) is 20.7. The van der Waals surface area contributed by atoms with Gasteiger partial charge in [-0.1, -0.05) is 6.07 Å². The Morgan fingerprint density at radius 3 is 2.13 bits per heavy atom. The van der Waals surface area contributed by atoms with Crippen LogP contribution in [0.3, 0.4) is 0 Å². The molecule has 2 aliphatic rings. The first-order chi connectivity index (χ1) is 17.6. The molecule has 3 rings (SSSR count). The second-order valence-electron chi connectivity index (χ2n) is 8.72. The van der Waals surface area contributed by atoms with Gasteiger partial charge in [0.15, 0.2) is 0 Å². The topological polar surface area (TPSA) is 132 Å². The fourth-order valence-electron chi connectivity index (χ4n) is 3.94. The molecule has 216 valence electrons. The summed E-state index contributed by atoms with van der Waals surface area (Å²) in [4.78, 5) is 38.5. The van der Waals surface area contributed by atoms with Crippen LogP contribution in [0, 0.1) is 5.41 Å². The molecular formula is C22H30F6N4O6. The van der Waals surface area contributed by atoms with Crippen molar-refractivity contribution in [2.45, 2.75) is 31.7 Å². The van der Waals surface area contributed by atoms with Gasteiger partial charge in [0.1, 0.15) is 0 Å². The molecule has 1 amide bonds. The number of nitrogens with one attached hydrogen (secondary N) is 1. The Morgan fingerprint density at radius 1 is 1.05 bits per heavy atom. The van der Waals surface area contributed by atoms with Crippen molar-refractivity contribution in [3.8, 4) is 0 Å². The molecule has 1 spiro atoms. The van der Waals surface area contributed by atoms with E-state index in [0.29, 0.717) is 13.2 Å². The summed E-state index contributed by atoms with van der Waals surface area (Å²) >= 11 is 0. The summed E-state index contributed by atoms with van der Waals surface area (Å²) < 4.78 is 69.4. The lowest BCUT2D eigenvalue weighted by Gasteiger charge is -2.43. The van der Waals surface area contributed by atoms with E-state index in [9.17, 15) is 31.1 Å². The molecule has 0 aliphatic carbocycles. The summed E-state index contributed by atoms with van der Waals surface area (Å²) in [5.41, 5.74) is 1.39. The van der Waals surface area contributed by atoms with E-state index in [1.165, 1.54) is 18.4 Å². The zero-order valence-electron chi connectivity index (χ0n) is 20.5. The molecule has 2 saturated heterocycles. The Labute approximate surface area is 214 Å². The molecule has 16 heteroatoms. The summed E-state index contributed by atoms with van der Waals surface area (Å²) in [5.74, 6) is -5.44. The standard InChI is InChI=1S/C18H28N4O2.2C2HF3O2/c1-19-17(23)12-22-8-9-24-15-18(14-22)5-3-7-21(13-18)11-16-4-2-6-20-10-16;2*3-2(4,5)1(6)7/h2,4,6,10H,3,5,7-9,11-15H2,1H3,(H,19,23);2*(H,6,7). The van der Waals surface area contributed by atoms with Gasteiger partial charge in [-0.2, -0.15) is 26.3 Å². The molecule has 3 N–H and O–H groups in total. The van der Waals surface area contributed by atoms with Gasteiger partial charge in [-0.05, 0) is 31.0 Å². The smallest absolute Gasteiger partial charge is 0.475 e. The maximum Gasteiger partial charge on any atom is 0.490 e. The van der Waals surface area contributed by atoms with Crippen LogP contribution >= 0.6 is 0 Å². The first-order valence-corrected chi connectivity index (χ1v) is 11.3. The van der Waals surface area contributed by atoms with E-state index in [1.54, 1.807) is 7.05 Å². The van der Waals surface area contributed by atoms with Crippen LogP contribution in [0.1, 0.15) is 18.4 Å². The zero-order chi connectivity index (χ0) is 29.0. The lowest BCUT2D eigenvalue weighted by atomic mass is 9.80. The molecule has 2 fully saturated rings. The van der Waals surface area contributed by atoms with E-state index < -0.39 is 24.3 Å². The van der Waals surface area contributed by atoms with Crippen molar-refractivity contribution in [3.63, 3.8) is 0 Å².